The van der Waals surface area contributed by atoms with Crippen LogP contribution in [0.15, 0.2) is 0 Å². The molecule has 4 rings (SSSR count). The summed E-state index contributed by atoms with van der Waals surface area (Å²) in [5, 5.41) is 12.2. The number of anilines is 1. The van der Waals surface area contributed by atoms with E-state index in [1.807, 2.05) is 16.6 Å². The smallest absolute Gasteiger partial charge is 0.245 e. The van der Waals surface area contributed by atoms with Crippen LogP contribution in [0.4, 0.5) is 5.95 Å². The van der Waals surface area contributed by atoms with Crippen molar-refractivity contribution < 1.29 is 14.2 Å². The van der Waals surface area contributed by atoms with E-state index in [1.165, 1.54) is 32.1 Å². The normalized spacial score (nSPS) is 28.9. The molecule has 8 heteroatoms. The standard InChI is InChI=1S/C16H27N5O3/c1-20(11-14-12-22-9-10-23-14)15-17-18-19-21(15)8-4-13-3-7-16(24-13)5-2-6-16/h13-14H,2-12H2,1H3. The highest BCUT2D eigenvalue weighted by Crippen LogP contribution is 2.46. The van der Waals surface area contributed by atoms with Crippen LogP contribution >= 0.6 is 0 Å². The van der Waals surface area contributed by atoms with Gasteiger partial charge in [0.2, 0.25) is 5.95 Å². The lowest BCUT2D eigenvalue weighted by molar-refractivity contribution is -0.0935. The minimum absolute atomic E-state index is 0.0746. The largest absolute Gasteiger partial charge is 0.376 e. The van der Waals surface area contributed by atoms with Gasteiger partial charge in [-0.25, -0.2) is 4.68 Å². The summed E-state index contributed by atoms with van der Waals surface area (Å²) in [6.45, 7) is 3.48. The molecule has 3 aliphatic rings. The minimum atomic E-state index is 0.0746. The van der Waals surface area contributed by atoms with Crippen LogP contribution in [-0.2, 0) is 20.8 Å². The Labute approximate surface area is 142 Å². The van der Waals surface area contributed by atoms with E-state index >= 15 is 0 Å². The van der Waals surface area contributed by atoms with Gasteiger partial charge in [0.15, 0.2) is 0 Å². The lowest BCUT2D eigenvalue weighted by Crippen LogP contribution is -2.39. The Hall–Kier alpha value is -1.25. The first-order valence-corrected chi connectivity index (χ1v) is 9.09. The molecule has 8 nitrogen and oxygen atoms in total. The molecule has 0 N–H and O–H groups in total. The Kier molecular flexibility index (Phi) is 4.69. The summed E-state index contributed by atoms with van der Waals surface area (Å²) < 4.78 is 19.3. The van der Waals surface area contributed by atoms with Gasteiger partial charge in [-0.1, -0.05) is 5.10 Å². The van der Waals surface area contributed by atoms with Crippen LogP contribution in [0.3, 0.4) is 0 Å². The number of aryl methyl sites for hydroxylation is 1. The number of rotatable bonds is 6. The quantitative estimate of drug-likeness (QED) is 0.767. The predicted octanol–water partition coefficient (Wildman–Crippen LogP) is 1.02. The fraction of sp³-hybridized carbons (Fsp3) is 0.938. The van der Waals surface area contributed by atoms with Gasteiger partial charge < -0.3 is 19.1 Å². The molecule has 0 bridgehead atoms. The summed E-state index contributed by atoms with van der Waals surface area (Å²) in [7, 11) is 2.00. The van der Waals surface area contributed by atoms with Gasteiger partial charge in [-0.2, -0.15) is 0 Å². The second-order valence-corrected chi connectivity index (χ2v) is 7.25. The average Bonchev–Trinajstić information content (AvgIpc) is 3.20. The number of ether oxygens (including phenoxy) is 3. The molecule has 2 aliphatic heterocycles. The van der Waals surface area contributed by atoms with Crippen LogP contribution in [0.5, 0.6) is 0 Å². The fourth-order valence-electron chi connectivity index (χ4n) is 3.95. The number of tetrazole rings is 1. The molecular formula is C16H27N5O3. The average molecular weight is 337 g/mol. The Morgan fingerprint density at radius 2 is 2.17 bits per heavy atom. The Morgan fingerprint density at radius 1 is 1.25 bits per heavy atom. The summed E-state index contributed by atoms with van der Waals surface area (Å²) in [5.41, 5.74) is 0.225. The van der Waals surface area contributed by atoms with Crippen molar-refractivity contribution in [3.05, 3.63) is 0 Å². The van der Waals surface area contributed by atoms with Gasteiger partial charge in [0.25, 0.3) is 0 Å². The minimum Gasteiger partial charge on any atom is -0.376 e. The summed E-state index contributed by atoms with van der Waals surface area (Å²) >= 11 is 0. The van der Waals surface area contributed by atoms with Crippen molar-refractivity contribution in [2.45, 2.75) is 62.9 Å². The highest BCUT2D eigenvalue weighted by molar-refractivity contribution is 5.26. The Bertz CT molecular complexity index is 542. The van der Waals surface area contributed by atoms with Crippen molar-refractivity contribution in [1.29, 1.82) is 0 Å². The zero-order valence-electron chi connectivity index (χ0n) is 14.4. The molecular weight excluding hydrogens is 310 g/mol. The molecule has 2 unspecified atom stereocenters. The van der Waals surface area contributed by atoms with Crippen LogP contribution in [0.2, 0.25) is 0 Å². The highest BCUT2D eigenvalue weighted by Gasteiger charge is 2.44. The molecule has 0 aromatic carbocycles. The molecule has 1 aromatic heterocycles. The van der Waals surface area contributed by atoms with Crippen LogP contribution in [0, 0.1) is 0 Å². The van der Waals surface area contributed by atoms with Crippen molar-refractivity contribution in [2.24, 2.45) is 0 Å². The van der Waals surface area contributed by atoms with Crippen molar-refractivity contribution in [2.75, 3.05) is 38.3 Å². The van der Waals surface area contributed by atoms with E-state index in [1.54, 1.807) is 0 Å². The first-order chi connectivity index (χ1) is 11.7. The zero-order valence-corrected chi connectivity index (χ0v) is 14.4. The van der Waals surface area contributed by atoms with Gasteiger partial charge in [0.1, 0.15) is 0 Å². The Morgan fingerprint density at radius 3 is 2.88 bits per heavy atom. The molecule has 3 heterocycles. The molecule has 2 atom stereocenters. The predicted molar refractivity (Wildman–Crippen MR) is 87.0 cm³/mol. The van der Waals surface area contributed by atoms with E-state index < -0.39 is 0 Å². The van der Waals surface area contributed by atoms with Crippen molar-refractivity contribution >= 4 is 5.95 Å². The van der Waals surface area contributed by atoms with Gasteiger partial charge in [-0.3, -0.25) is 0 Å². The van der Waals surface area contributed by atoms with Gasteiger partial charge in [-0.15, -0.1) is 0 Å². The molecule has 0 radical (unpaired) electrons. The van der Waals surface area contributed by atoms with Crippen LogP contribution in [-0.4, -0.2) is 71.4 Å². The van der Waals surface area contributed by atoms with E-state index in [4.69, 9.17) is 14.2 Å². The number of nitrogens with zero attached hydrogens (tertiary/aromatic N) is 5. The topological polar surface area (TPSA) is 74.5 Å². The lowest BCUT2D eigenvalue weighted by Gasteiger charge is -2.38. The number of aromatic nitrogens is 4. The summed E-state index contributed by atoms with van der Waals surface area (Å²) in [6.07, 6.45) is 7.59. The number of hydrogen-bond acceptors (Lipinski definition) is 7. The molecule has 1 aliphatic carbocycles. The summed E-state index contributed by atoms with van der Waals surface area (Å²) in [4.78, 5) is 2.04. The van der Waals surface area contributed by atoms with Crippen LogP contribution in [0.1, 0.15) is 38.5 Å². The second-order valence-electron chi connectivity index (χ2n) is 7.25. The Balaban J connectivity index is 1.29. The van der Waals surface area contributed by atoms with Gasteiger partial charge in [0.05, 0.1) is 37.6 Å². The molecule has 2 saturated heterocycles. The number of likely N-dealkylation sites (N-methyl/N-ethyl adjacent to an activating group) is 1. The second kappa shape index (κ2) is 6.93. The molecule has 1 saturated carbocycles. The van der Waals surface area contributed by atoms with Gasteiger partial charge in [0, 0.05) is 20.1 Å². The van der Waals surface area contributed by atoms with Crippen molar-refractivity contribution in [3.8, 4) is 0 Å². The summed E-state index contributed by atoms with van der Waals surface area (Å²) in [5.74, 6) is 0.778. The van der Waals surface area contributed by atoms with E-state index in [9.17, 15) is 0 Å². The molecule has 1 spiro atoms. The molecule has 3 fully saturated rings. The highest BCUT2D eigenvalue weighted by atomic mass is 16.6. The molecule has 134 valence electrons. The van der Waals surface area contributed by atoms with E-state index in [2.05, 4.69) is 15.5 Å². The summed E-state index contributed by atoms with van der Waals surface area (Å²) in [6, 6.07) is 0. The first-order valence-electron chi connectivity index (χ1n) is 9.09. The van der Waals surface area contributed by atoms with Crippen LogP contribution < -0.4 is 4.90 Å². The van der Waals surface area contributed by atoms with Crippen LogP contribution in [0.25, 0.3) is 0 Å². The van der Waals surface area contributed by atoms with Gasteiger partial charge >= 0.3 is 0 Å². The molecule has 0 amide bonds. The third-order valence-electron chi connectivity index (χ3n) is 5.48. The van der Waals surface area contributed by atoms with E-state index in [-0.39, 0.29) is 11.7 Å². The number of hydrogen-bond donors (Lipinski definition) is 0. The van der Waals surface area contributed by atoms with E-state index in [0.717, 1.165) is 25.5 Å². The van der Waals surface area contributed by atoms with Crippen molar-refractivity contribution in [3.63, 3.8) is 0 Å². The van der Waals surface area contributed by atoms with Crippen molar-refractivity contribution in [1.82, 2.24) is 20.2 Å². The zero-order chi connectivity index (χ0) is 16.4. The lowest BCUT2D eigenvalue weighted by atomic mass is 9.78. The maximum atomic E-state index is 6.27. The maximum Gasteiger partial charge on any atom is 0.245 e. The maximum absolute atomic E-state index is 6.27. The molecule has 24 heavy (non-hydrogen) atoms. The fourth-order valence-corrected chi connectivity index (χ4v) is 3.95. The van der Waals surface area contributed by atoms with E-state index in [0.29, 0.717) is 25.9 Å². The SMILES string of the molecule is CN(CC1COCCO1)c1nnnn1CCC1CCC2(CCC2)O1. The first kappa shape index (κ1) is 16.2. The van der Waals surface area contributed by atoms with Gasteiger partial charge in [-0.05, 0) is 49.0 Å². The monoisotopic (exact) mass is 337 g/mol. The molecule has 1 aromatic rings. The third kappa shape index (κ3) is 3.41. The third-order valence-corrected chi connectivity index (χ3v) is 5.48.